The van der Waals surface area contributed by atoms with Crippen molar-refractivity contribution in [1.29, 1.82) is 0 Å². The molecule has 0 N–H and O–H groups in total. The lowest BCUT2D eigenvalue weighted by Crippen LogP contribution is -2.67. The second kappa shape index (κ2) is 6.57. The molecule has 144 valence electrons. The Bertz CT molecular complexity index is 848. The second-order valence-corrected chi connectivity index (χ2v) is 6.15. The highest BCUT2D eigenvalue weighted by Crippen LogP contribution is 2.59. The number of benzene rings is 1. The molecule has 2 aliphatic rings. The van der Waals surface area contributed by atoms with Crippen molar-refractivity contribution in [1.82, 2.24) is 0 Å². The summed E-state index contributed by atoms with van der Waals surface area (Å²) in [6.45, 7) is 0. The molecule has 27 heavy (non-hydrogen) atoms. The number of esters is 3. The van der Waals surface area contributed by atoms with Crippen LogP contribution in [0.1, 0.15) is 28.8 Å². The summed E-state index contributed by atoms with van der Waals surface area (Å²) in [6, 6.07) is 4.64. The molecule has 2 atom stereocenters. The van der Waals surface area contributed by atoms with Crippen molar-refractivity contribution >= 4 is 23.6 Å². The predicted molar refractivity (Wildman–Crippen MR) is 90.4 cm³/mol. The molecule has 1 aromatic carbocycles. The van der Waals surface area contributed by atoms with Gasteiger partial charge in [0.25, 0.3) is 5.60 Å². The second-order valence-electron chi connectivity index (χ2n) is 6.15. The number of carbonyl (C=O) groups excluding carboxylic acids is 3. The van der Waals surface area contributed by atoms with E-state index in [2.05, 4.69) is 5.16 Å². The van der Waals surface area contributed by atoms with E-state index in [1.54, 1.807) is 12.1 Å². The molecule has 1 saturated carbocycles. The van der Waals surface area contributed by atoms with E-state index in [1.165, 1.54) is 34.5 Å². The molecule has 0 aromatic heterocycles. The highest BCUT2D eigenvalue weighted by atomic mass is 16.7. The molecule has 0 amide bonds. The standard InChI is InChI=1S/C18H19NO8/c1-23-12-6-5-10(9-11(12)14(20)24-2)13-17(15(21)25-3)7-8-18(17,27-19-13)16(22)26-4/h5-6,9H,7-8H2,1-4H3. The lowest BCUT2D eigenvalue weighted by molar-refractivity contribution is -0.208. The predicted octanol–water partition coefficient (Wildman–Crippen LogP) is 1.08. The highest BCUT2D eigenvalue weighted by Gasteiger charge is 2.78. The number of fused-ring (bicyclic) bond motifs is 1. The van der Waals surface area contributed by atoms with Crippen molar-refractivity contribution in [3.05, 3.63) is 29.3 Å². The molecule has 1 aliphatic heterocycles. The Morgan fingerprint density at radius 3 is 2.22 bits per heavy atom. The first-order valence-electron chi connectivity index (χ1n) is 8.12. The fourth-order valence-electron chi connectivity index (χ4n) is 3.68. The molecule has 9 nitrogen and oxygen atoms in total. The topological polar surface area (TPSA) is 110 Å². The van der Waals surface area contributed by atoms with Gasteiger partial charge in [-0.3, -0.25) is 4.79 Å². The lowest BCUT2D eigenvalue weighted by atomic mass is 9.53. The molecular weight excluding hydrogens is 358 g/mol. The molecule has 9 heteroatoms. The van der Waals surface area contributed by atoms with Crippen LogP contribution in [0, 0.1) is 5.41 Å². The molecule has 1 fully saturated rings. The number of methoxy groups -OCH3 is 4. The minimum absolute atomic E-state index is 0.148. The first kappa shape index (κ1) is 18.7. The monoisotopic (exact) mass is 377 g/mol. The van der Waals surface area contributed by atoms with E-state index < -0.39 is 28.9 Å². The molecule has 1 heterocycles. The summed E-state index contributed by atoms with van der Waals surface area (Å²) in [6.07, 6.45) is 0.537. The third-order valence-corrected chi connectivity index (χ3v) is 5.17. The maximum Gasteiger partial charge on any atom is 0.354 e. The smallest absolute Gasteiger partial charge is 0.354 e. The Morgan fingerprint density at radius 2 is 1.70 bits per heavy atom. The van der Waals surface area contributed by atoms with E-state index in [4.69, 9.17) is 23.8 Å². The number of rotatable bonds is 5. The van der Waals surface area contributed by atoms with Crippen LogP contribution < -0.4 is 4.74 Å². The minimum Gasteiger partial charge on any atom is -0.496 e. The first-order chi connectivity index (χ1) is 12.9. The van der Waals surface area contributed by atoms with E-state index in [1.807, 2.05) is 0 Å². The Balaban J connectivity index is 2.13. The van der Waals surface area contributed by atoms with Crippen LogP contribution in [0.2, 0.25) is 0 Å². The summed E-state index contributed by atoms with van der Waals surface area (Å²) in [5.41, 5.74) is -2.27. The van der Waals surface area contributed by atoms with E-state index in [0.29, 0.717) is 11.3 Å². The number of carbonyl (C=O) groups is 3. The molecule has 2 unspecified atom stereocenters. The van der Waals surface area contributed by atoms with Gasteiger partial charge < -0.3 is 23.8 Å². The average Bonchev–Trinajstić information content (AvgIpc) is 2.93. The maximum atomic E-state index is 12.7. The Morgan fingerprint density at radius 1 is 1.00 bits per heavy atom. The SMILES string of the molecule is COC(=O)c1cc(C2=NOC3(C(=O)OC)CCC23C(=O)OC)ccc1OC. The Kier molecular flexibility index (Phi) is 4.54. The van der Waals surface area contributed by atoms with Crippen molar-refractivity contribution in [2.24, 2.45) is 10.6 Å². The zero-order chi connectivity index (χ0) is 19.8. The minimum atomic E-state index is -1.57. The summed E-state index contributed by atoms with van der Waals surface area (Å²) in [5, 5.41) is 4.02. The van der Waals surface area contributed by atoms with Gasteiger partial charge in [0, 0.05) is 12.0 Å². The summed E-state index contributed by atoms with van der Waals surface area (Å²) >= 11 is 0. The van der Waals surface area contributed by atoms with Gasteiger partial charge in [0.1, 0.15) is 17.0 Å². The Labute approximate surface area is 155 Å². The van der Waals surface area contributed by atoms with Crippen molar-refractivity contribution in [2.45, 2.75) is 18.4 Å². The maximum absolute atomic E-state index is 12.7. The van der Waals surface area contributed by atoms with Crippen LogP contribution in [0.25, 0.3) is 0 Å². The molecule has 1 aromatic rings. The van der Waals surface area contributed by atoms with E-state index in [0.717, 1.165) is 0 Å². The average molecular weight is 377 g/mol. The van der Waals surface area contributed by atoms with Crippen LogP contribution in [-0.2, 0) is 28.6 Å². The van der Waals surface area contributed by atoms with Crippen LogP contribution in [0.3, 0.4) is 0 Å². The van der Waals surface area contributed by atoms with Gasteiger partial charge in [-0.2, -0.15) is 0 Å². The van der Waals surface area contributed by atoms with Gasteiger partial charge in [0.2, 0.25) is 0 Å². The lowest BCUT2D eigenvalue weighted by Gasteiger charge is -2.47. The van der Waals surface area contributed by atoms with Gasteiger partial charge in [-0.1, -0.05) is 5.16 Å². The highest BCUT2D eigenvalue weighted by molar-refractivity contribution is 6.21. The van der Waals surface area contributed by atoms with Gasteiger partial charge in [-0.05, 0) is 24.6 Å². The third kappa shape index (κ3) is 2.30. The number of hydrogen-bond acceptors (Lipinski definition) is 9. The molecule has 1 aliphatic carbocycles. The van der Waals surface area contributed by atoms with Gasteiger partial charge in [0.15, 0.2) is 5.41 Å². The van der Waals surface area contributed by atoms with Crippen molar-refractivity contribution in [3.63, 3.8) is 0 Å². The zero-order valence-corrected chi connectivity index (χ0v) is 15.4. The fraction of sp³-hybridized carbons (Fsp3) is 0.444. The van der Waals surface area contributed by atoms with Crippen LogP contribution in [0.15, 0.2) is 23.4 Å². The van der Waals surface area contributed by atoms with Crippen molar-refractivity contribution < 1.29 is 38.2 Å². The van der Waals surface area contributed by atoms with E-state index in [9.17, 15) is 14.4 Å². The largest absolute Gasteiger partial charge is 0.496 e. The molecule has 0 radical (unpaired) electrons. The number of oxime groups is 1. The normalized spacial score (nSPS) is 25.3. The summed E-state index contributed by atoms with van der Waals surface area (Å²) in [5.74, 6) is -1.69. The molecule has 0 bridgehead atoms. The van der Waals surface area contributed by atoms with Gasteiger partial charge in [-0.25, -0.2) is 9.59 Å². The van der Waals surface area contributed by atoms with Gasteiger partial charge >= 0.3 is 17.9 Å². The first-order valence-corrected chi connectivity index (χ1v) is 8.12. The quantitative estimate of drug-likeness (QED) is 0.554. The summed E-state index contributed by atoms with van der Waals surface area (Å²) in [4.78, 5) is 42.6. The van der Waals surface area contributed by atoms with E-state index in [-0.39, 0.29) is 24.1 Å². The van der Waals surface area contributed by atoms with E-state index >= 15 is 0 Å². The zero-order valence-electron chi connectivity index (χ0n) is 15.4. The van der Waals surface area contributed by atoms with Crippen LogP contribution in [-0.4, -0.2) is 57.7 Å². The van der Waals surface area contributed by atoms with Gasteiger partial charge in [0.05, 0.1) is 28.4 Å². The van der Waals surface area contributed by atoms with Crippen LogP contribution in [0.5, 0.6) is 5.75 Å². The fourth-order valence-corrected chi connectivity index (χ4v) is 3.68. The summed E-state index contributed by atoms with van der Waals surface area (Å²) in [7, 11) is 5.10. The van der Waals surface area contributed by atoms with Crippen LogP contribution >= 0.6 is 0 Å². The molecular formula is C18H19NO8. The van der Waals surface area contributed by atoms with Crippen LogP contribution in [0.4, 0.5) is 0 Å². The van der Waals surface area contributed by atoms with Crippen molar-refractivity contribution in [2.75, 3.05) is 28.4 Å². The Hall–Kier alpha value is -3.10. The number of ether oxygens (including phenoxy) is 4. The molecule has 0 saturated heterocycles. The number of nitrogens with zero attached hydrogens (tertiary/aromatic N) is 1. The third-order valence-electron chi connectivity index (χ3n) is 5.17. The molecule has 3 rings (SSSR count). The number of hydrogen-bond donors (Lipinski definition) is 0. The van der Waals surface area contributed by atoms with Crippen molar-refractivity contribution in [3.8, 4) is 5.75 Å². The van der Waals surface area contributed by atoms with Gasteiger partial charge in [-0.15, -0.1) is 0 Å². The summed E-state index contributed by atoms with van der Waals surface area (Å²) < 4.78 is 19.7. The molecule has 0 spiro atoms.